The number of sulfonamides is 1. The summed E-state index contributed by atoms with van der Waals surface area (Å²) in [6.07, 6.45) is 10.2. The Kier molecular flexibility index (Phi) is 6.62. The second-order valence-electron chi connectivity index (χ2n) is 10.6. The van der Waals surface area contributed by atoms with E-state index < -0.39 is 10.0 Å². The third-order valence-electron chi connectivity index (χ3n) is 8.34. The van der Waals surface area contributed by atoms with Crippen LogP contribution in [0.5, 0.6) is 0 Å². The molecule has 0 amide bonds. The minimum Gasteiger partial charge on any atom is -0.335 e. The van der Waals surface area contributed by atoms with Gasteiger partial charge in [0, 0.05) is 6.04 Å². The van der Waals surface area contributed by atoms with Crippen molar-refractivity contribution in [3.05, 3.63) is 29.8 Å². The Hall–Kier alpha value is -0.910. The second kappa shape index (κ2) is 8.91. The fraction of sp³-hybridized carbons (Fsp3) is 0.760. The Morgan fingerprint density at radius 1 is 1.00 bits per heavy atom. The number of hydrogen-bond acceptors (Lipinski definition) is 2. The zero-order valence-electron chi connectivity index (χ0n) is 19.1. The molecule has 1 aromatic rings. The fourth-order valence-electron chi connectivity index (χ4n) is 7.11. The maximum absolute atomic E-state index is 12.9. The van der Waals surface area contributed by atoms with Crippen LogP contribution in [0.25, 0.3) is 0 Å². The largest absolute Gasteiger partial charge is 0.335 e. The van der Waals surface area contributed by atoms with E-state index in [9.17, 15) is 8.42 Å². The molecule has 0 saturated heterocycles. The van der Waals surface area contributed by atoms with Crippen molar-refractivity contribution in [2.24, 2.45) is 17.8 Å². The van der Waals surface area contributed by atoms with Crippen LogP contribution in [0.3, 0.4) is 0 Å². The molecule has 2 N–H and O–H groups in total. The summed E-state index contributed by atoms with van der Waals surface area (Å²) < 4.78 is 28.7. The first-order valence-corrected chi connectivity index (χ1v) is 13.8. The molecular formula is C25H41N2O2S+. The summed E-state index contributed by atoms with van der Waals surface area (Å²) in [6.45, 7) is 9.77. The number of rotatable bonds is 10. The van der Waals surface area contributed by atoms with E-state index in [1.807, 2.05) is 19.1 Å². The van der Waals surface area contributed by atoms with Gasteiger partial charge in [0.1, 0.15) is 0 Å². The van der Waals surface area contributed by atoms with Crippen molar-refractivity contribution in [3.63, 3.8) is 0 Å². The summed E-state index contributed by atoms with van der Waals surface area (Å²) >= 11 is 0. The van der Waals surface area contributed by atoms with E-state index in [4.69, 9.17) is 0 Å². The Labute approximate surface area is 183 Å². The quantitative estimate of drug-likeness (QED) is 0.593. The maximum atomic E-state index is 12.9. The molecule has 4 aliphatic rings. The molecule has 30 heavy (non-hydrogen) atoms. The minimum atomic E-state index is -3.45. The second-order valence-corrected chi connectivity index (χ2v) is 12.3. The van der Waals surface area contributed by atoms with Crippen molar-refractivity contribution in [2.75, 3.05) is 19.6 Å². The van der Waals surface area contributed by atoms with Crippen LogP contribution in [0, 0.1) is 17.8 Å². The van der Waals surface area contributed by atoms with Crippen LogP contribution in [-0.4, -0.2) is 34.1 Å². The lowest BCUT2D eigenvalue weighted by Crippen LogP contribution is -3.11. The summed E-state index contributed by atoms with van der Waals surface area (Å²) in [5.41, 5.74) is 1.71. The average molecular weight is 434 g/mol. The van der Waals surface area contributed by atoms with Gasteiger partial charge >= 0.3 is 0 Å². The molecule has 0 spiro atoms. The molecule has 4 saturated carbocycles. The van der Waals surface area contributed by atoms with Gasteiger partial charge in [0.05, 0.1) is 24.5 Å². The van der Waals surface area contributed by atoms with Crippen LogP contribution in [-0.2, 0) is 15.4 Å². The Morgan fingerprint density at radius 3 is 2.03 bits per heavy atom. The number of hydrogen-bond donors (Lipinski definition) is 2. The highest BCUT2D eigenvalue weighted by Gasteiger charge is 2.51. The van der Waals surface area contributed by atoms with Crippen LogP contribution in [0.2, 0.25) is 0 Å². The van der Waals surface area contributed by atoms with E-state index in [2.05, 4.69) is 30.7 Å². The molecule has 0 aromatic heterocycles. The zero-order valence-corrected chi connectivity index (χ0v) is 19.9. The molecule has 0 radical (unpaired) electrons. The van der Waals surface area contributed by atoms with Gasteiger partial charge in [0.25, 0.3) is 0 Å². The van der Waals surface area contributed by atoms with Crippen molar-refractivity contribution >= 4 is 10.0 Å². The average Bonchev–Trinajstić information content (AvgIpc) is 2.70. The predicted molar refractivity (Wildman–Crippen MR) is 122 cm³/mol. The van der Waals surface area contributed by atoms with Crippen LogP contribution in [0.1, 0.15) is 77.7 Å². The summed E-state index contributed by atoms with van der Waals surface area (Å²) in [5, 5.41) is 0. The SMILES string of the molecule is CC[NH+](CC)CCC[C@@H](C)NS(=O)(=O)c1ccc(C23CC4CC(CC(C4)C2)C3)cc1. The van der Waals surface area contributed by atoms with Crippen molar-refractivity contribution in [2.45, 2.75) is 88.5 Å². The highest BCUT2D eigenvalue weighted by molar-refractivity contribution is 7.89. The van der Waals surface area contributed by atoms with E-state index in [1.54, 1.807) is 4.90 Å². The maximum Gasteiger partial charge on any atom is 0.240 e. The van der Waals surface area contributed by atoms with Crippen LogP contribution in [0.4, 0.5) is 0 Å². The normalized spacial score (nSPS) is 31.4. The van der Waals surface area contributed by atoms with Crippen molar-refractivity contribution in [1.82, 2.24) is 4.72 Å². The minimum absolute atomic E-state index is 0.0345. The highest BCUT2D eigenvalue weighted by atomic mass is 32.2. The monoisotopic (exact) mass is 433 g/mol. The molecule has 0 heterocycles. The molecule has 168 valence electrons. The Bertz CT molecular complexity index is 779. The standard InChI is InChI=1S/C25H40N2O2S/c1-4-27(5-2)12-6-7-19(3)26-30(28,29)24-10-8-23(9-11-24)25-16-20-13-21(17-25)15-22(14-20)18-25/h8-11,19-22,26H,4-7,12-18H2,1-3H3/p+1/t19-,20?,21?,22?,25?/m1/s1. The Balaban J connectivity index is 1.37. The molecule has 0 unspecified atom stereocenters. The van der Waals surface area contributed by atoms with Crippen LogP contribution >= 0.6 is 0 Å². The summed E-state index contributed by atoms with van der Waals surface area (Å²) in [4.78, 5) is 1.99. The number of quaternary nitrogens is 1. The van der Waals surface area contributed by atoms with Gasteiger partial charge in [-0.05, 0) is 113 Å². The number of nitrogens with one attached hydrogen (secondary N) is 2. The topological polar surface area (TPSA) is 50.6 Å². The molecule has 5 rings (SSSR count). The third kappa shape index (κ3) is 4.63. The summed E-state index contributed by atoms with van der Waals surface area (Å²) in [6, 6.07) is 7.91. The van der Waals surface area contributed by atoms with E-state index in [0.29, 0.717) is 10.3 Å². The van der Waals surface area contributed by atoms with Gasteiger partial charge in [0.2, 0.25) is 10.0 Å². The molecule has 1 atom stereocenters. The molecule has 4 aliphatic carbocycles. The smallest absolute Gasteiger partial charge is 0.240 e. The highest BCUT2D eigenvalue weighted by Crippen LogP contribution is 2.60. The Morgan fingerprint density at radius 2 is 1.53 bits per heavy atom. The molecule has 1 aromatic carbocycles. The van der Waals surface area contributed by atoms with E-state index in [-0.39, 0.29) is 6.04 Å². The first-order chi connectivity index (χ1) is 14.3. The molecular weight excluding hydrogens is 392 g/mol. The number of benzene rings is 1. The van der Waals surface area contributed by atoms with Gasteiger partial charge < -0.3 is 4.90 Å². The molecule has 4 nitrogen and oxygen atoms in total. The van der Waals surface area contributed by atoms with E-state index in [1.165, 1.54) is 44.1 Å². The lowest BCUT2D eigenvalue weighted by molar-refractivity contribution is -0.896. The molecule has 4 fully saturated rings. The lowest BCUT2D eigenvalue weighted by atomic mass is 9.48. The van der Waals surface area contributed by atoms with Gasteiger partial charge in [-0.3, -0.25) is 0 Å². The van der Waals surface area contributed by atoms with Gasteiger partial charge in [-0.15, -0.1) is 0 Å². The van der Waals surface area contributed by atoms with Gasteiger partial charge in [-0.2, -0.15) is 0 Å². The van der Waals surface area contributed by atoms with Crippen LogP contribution < -0.4 is 9.62 Å². The van der Waals surface area contributed by atoms with Gasteiger partial charge in [0.15, 0.2) is 0 Å². The van der Waals surface area contributed by atoms with Crippen molar-refractivity contribution in [3.8, 4) is 0 Å². The first kappa shape index (κ1) is 22.3. The first-order valence-electron chi connectivity index (χ1n) is 12.3. The van der Waals surface area contributed by atoms with E-state index in [0.717, 1.165) is 50.2 Å². The summed E-state index contributed by atoms with van der Waals surface area (Å²) in [5.74, 6) is 2.71. The molecule has 0 aliphatic heterocycles. The lowest BCUT2D eigenvalue weighted by Gasteiger charge is -2.57. The molecule has 4 bridgehead atoms. The van der Waals surface area contributed by atoms with Crippen LogP contribution in [0.15, 0.2) is 29.2 Å². The summed E-state index contributed by atoms with van der Waals surface area (Å²) in [7, 11) is -3.45. The predicted octanol–water partition coefficient (Wildman–Crippen LogP) is 3.53. The zero-order chi connectivity index (χ0) is 21.4. The fourth-order valence-corrected chi connectivity index (χ4v) is 8.38. The van der Waals surface area contributed by atoms with Crippen molar-refractivity contribution < 1.29 is 13.3 Å². The van der Waals surface area contributed by atoms with E-state index >= 15 is 0 Å². The van der Waals surface area contributed by atoms with Gasteiger partial charge in [-0.1, -0.05) is 12.1 Å². The van der Waals surface area contributed by atoms with Crippen molar-refractivity contribution in [1.29, 1.82) is 0 Å². The molecule has 5 heteroatoms. The third-order valence-corrected chi connectivity index (χ3v) is 9.94. The van der Waals surface area contributed by atoms with Gasteiger partial charge in [-0.25, -0.2) is 13.1 Å².